The molecule has 27 heavy (non-hydrogen) atoms. The van der Waals surface area contributed by atoms with E-state index in [2.05, 4.69) is 40.8 Å². The number of carbonyl (C=O) groups excluding carboxylic acids is 2. The molecule has 0 aromatic heterocycles. The van der Waals surface area contributed by atoms with E-state index in [1.54, 1.807) is 0 Å². The molecule has 0 bridgehead atoms. The fraction of sp³-hybridized carbons (Fsp3) is 0.900. The number of carbonyl (C=O) groups is 2. The first-order chi connectivity index (χ1) is 12.4. The molecule has 0 aromatic carbocycles. The summed E-state index contributed by atoms with van der Waals surface area (Å²) in [7, 11) is 1.00. The van der Waals surface area contributed by atoms with E-state index in [9.17, 15) is 9.59 Å². The van der Waals surface area contributed by atoms with Crippen molar-refractivity contribution < 1.29 is 23.5 Å². The molecule has 0 saturated carbocycles. The van der Waals surface area contributed by atoms with Crippen molar-refractivity contribution in [2.24, 2.45) is 5.92 Å². The van der Waals surface area contributed by atoms with Crippen LogP contribution in [0.4, 0.5) is 4.79 Å². The second-order valence-electron chi connectivity index (χ2n) is 9.17. The highest BCUT2D eigenvalue weighted by Gasteiger charge is 2.40. The summed E-state index contributed by atoms with van der Waals surface area (Å²) in [5.74, 6) is 0.0849. The number of hydrogen-bond donors (Lipinski definition) is 0. The normalized spacial score (nSPS) is 23.9. The van der Waals surface area contributed by atoms with Crippen LogP contribution in [0.5, 0.6) is 0 Å². The van der Waals surface area contributed by atoms with Crippen LogP contribution in [-0.2, 0) is 18.7 Å². The van der Waals surface area contributed by atoms with Crippen molar-refractivity contribution in [1.29, 1.82) is 0 Å². The topological polar surface area (TPSA) is 65.1 Å². The number of hydrogen-bond acceptors (Lipinski definition) is 5. The predicted molar refractivity (Wildman–Crippen MR) is 109 cm³/mol. The fourth-order valence-corrected chi connectivity index (χ4v) is 4.52. The fourth-order valence-electron chi connectivity index (χ4n) is 3.46. The third-order valence-electron chi connectivity index (χ3n) is 6.34. The molecule has 0 spiro atoms. The summed E-state index contributed by atoms with van der Waals surface area (Å²) < 4.78 is 16.2. The van der Waals surface area contributed by atoms with Crippen LogP contribution in [0, 0.1) is 5.92 Å². The standard InChI is InChI=1S/C20H39NO5Si/c1-15-9-10-16(13-14-26-27(7,8)20(2,3)4)21(19(23)25-6)17(15)11-12-18(22)24-5/h15-17H,9-14H2,1-8H3/t15-,16+,17+/m1/s1. The van der Waals surface area contributed by atoms with E-state index in [1.165, 1.54) is 14.2 Å². The molecule has 0 unspecified atom stereocenters. The molecule has 1 rings (SSSR count). The molecule has 1 aliphatic rings. The van der Waals surface area contributed by atoms with E-state index in [0.29, 0.717) is 25.4 Å². The monoisotopic (exact) mass is 401 g/mol. The largest absolute Gasteiger partial charge is 0.469 e. The Morgan fingerprint density at radius 3 is 2.22 bits per heavy atom. The van der Waals surface area contributed by atoms with Gasteiger partial charge in [0.15, 0.2) is 8.32 Å². The van der Waals surface area contributed by atoms with E-state index < -0.39 is 8.32 Å². The van der Waals surface area contributed by atoms with Gasteiger partial charge in [-0.25, -0.2) is 4.79 Å². The highest BCUT2D eigenvalue weighted by Crippen LogP contribution is 2.37. The van der Waals surface area contributed by atoms with Crippen LogP contribution in [0.25, 0.3) is 0 Å². The minimum absolute atomic E-state index is 0.0110. The number of piperidine rings is 1. The number of nitrogens with zero attached hydrogens (tertiary/aromatic N) is 1. The first-order valence-corrected chi connectivity index (χ1v) is 12.9. The van der Waals surface area contributed by atoms with Gasteiger partial charge in [-0.3, -0.25) is 4.79 Å². The van der Waals surface area contributed by atoms with Gasteiger partial charge < -0.3 is 18.8 Å². The molecule has 1 fully saturated rings. The van der Waals surface area contributed by atoms with Gasteiger partial charge >= 0.3 is 12.1 Å². The number of amides is 1. The lowest BCUT2D eigenvalue weighted by molar-refractivity contribution is -0.141. The van der Waals surface area contributed by atoms with Gasteiger partial charge in [0.1, 0.15) is 0 Å². The zero-order valence-corrected chi connectivity index (χ0v) is 19.5. The Morgan fingerprint density at radius 2 is 1.70 bits per heavy atom. The van der Waals surface area contributed by atoms with Gasteiger partial charge in [0.05, 0.1) is 14.2 Å². The second-order valence-corrected chi connectivity index (χ2v) is 14.0. The van der Waals surface area contributed by atoms with Crippen molar-refractivity contribution in [1.82, 2.24) is 4.90 Å². The van der Waals surface area contributed by atoms with E-state index in [4.69, 9.17) is 13.9 Å². The Morgan fingerprint density at radius 1 is 1.07 bits per heavy atom. The van der Waals surface area contributed by atoms with Crippen LogP contribution in [0.3, 0.4) is 0 Å². The van der Waals surface area contributed by atoms with E-state index >= 15 is 0 Å². The summed E-state index contributed by atoms with van der Waals surface area (Å²) in [6, 6.07) is 0.0734. The molecule has 1 aliphatic heterocycles. The van der Waals surface area contributed by atoms with Crippen molar-refractivity contribution in [2.75, 3.05) is 20.8 Å². The molecule has 0 N–H and O–H groups in total. The number of likely N-dealkylation sites (tertiary alicyclic amines) is 1. The first-order valence-electron chi connectivity index (χ1n) is 10.0. The maximum Gasteiger partial charge on any atom is 0.409 e. The lowest BCUT2D eigenvalue weighted by Crippen LogP contribution is -2.54. The average Bonchev–Trinajstić information content (AvgIpc) is 2.59. The van der Waals surface area contributed by atoms with Crippen molar-refractivity contribution >= 4 is 20.4 Å². The third kappa shape index (κ3) is 6.49. The third-order valence-corrected chi connectivity index (χ3v) is 10.9. The molecule has 158 valence electrons. The van der Waals surface area contributed by atoms with Crippen LogP contribution in [0.2, 0.25) is 18.1 Å². The Labute approximate surface area is 166 Å². The van der Waals surface area contributed by atoms with Gasteiger partial charge in [0.25, 0.3) is 0 Å². The molecular formula is C20H39NO5Si. The lowest BCUT2D eigenvalue weighted by atomic mass is 9.83. The Kier molecular flexibility index (Phi) is 8.80. The summed E-state index contributed by atoms with van der Waals surface area (Å²) in [4.78, 5) is 26.0. The van der Waals surface area contributed by atoms with Gasteiger partial charge in [0.2, 0.25) is 0 Å². The van der Waals surface area contributed by atoms with Gasteiger partial charge in [0, 0.05) is 25.1 Å². The van der Waals surface area contributed by atoms with Crippen LogP contribution >= 0.6 is 0 Å². The van der Waals surface area contributed by atoms with Gasteiger partial charge in [-0.05, 0) is 49.7 Å². The summed E-state index contributed by atoms with van der Waals surface area (Å²) in [6.45, 7) is 14.0. The zero-order valence-electron chi connectivity index (χ0n) is 18.5. The maximum atomic E-state index is 12.5. The first kappa shape index (κ1) is 24.0. The quantitative estimate of drug-likeness (QED) is 0.461. The van der Waals surface area contributed by atoms with Crippen molar-refractivity contribution in [2.45, 2.75) is 90.0 Å². The molecule has 6 nitrogen and oxygen atoms in total. The Bertz CT molecular complexity index is 503. The minimum atomic E-state index is -1.81. The van der Waals surface area contributed by atoms with E-state index in [1.807, 2.05) is 4.90 Å². The lowest BCUT2D eigenvalue weighted by Gasteiger charge is -2.45. The minimum Gasteiger partial charge on any atom is -0.469 e. The molecule has 1 amide bonds. The Hall–Kier alpha value is -1.08. The smallest absolute Gasteiger partial charge is 0.409 e. The average molecular weight is 402 g/mol. The molecule has 7 heteroatoms. The van der Waals surface area contributed by atoms with Crippen molar-refractivity contribution in [3.63, 3.8) is 0 Å². The van der Waals surface area contributed by atoms with Crippen molar-refractivity contribution in [3.8, 4) is 0 Å². The molecule has 1 saturated heterocycles. The Balaban J connectivity index is 2.81. The molecular weight excluding hydrogens is 362 g/mol. The van der Waals surface area contributed by atoms with E-state index in [-0.39, 0.29) is 29.2 Å². The maximum absolute atomic E-state index is 12.5. The number of esters is 1. The number of ether oxygens (including phenoxy) is 2. The summed E-state index contributed by atoms with van der Waals surface area (Å²) in [5, 5.41) is 0.166. The van der Waals surface area contributed by atoms with Crippen molar-refractivity contribution in [3.05, 3.63) is 0 Å². The molecule has 3 atom stereocenters. The summed E-state index contributed by atoms with van der Waals surface area (Å²) in [6.07, 6.45) is 3.36. The van der Waals surface area contributed by atoms with Crippen LogP contribution in [0.15, 0.2) is 0 Å². The SMILES string of the molecule is COC(=O)CC[C@H]1[C@H](C)CC[C@@H](CCO[Si](C)(C)C(C)(C)C)N1C(=O)OC. The summed E-state index contributed by atoms with van der Waals surface area (Å²) >= 11 is 0. The highest BCUT2D eigenvalue weighted by atomic mass is 28.4. The molecule has 0 aromatic rings. The molecule has 1 heterocycles. The summed E-state index contributed by atoms with van der Waals surface area (Å²) in [5.41, 5.74) is 0. The van der Waals surface area contributed by atoms with Crippen LogP contribution in [-0.4, -0.2) is 58.2 Å². The van der Waals surface area contributed by atoms with E-state index in [0.717, 1.165) is 19.3 Å². The number of rotatable bonds is 7. The van der Waals surface area contributed by atoms with Crippen LogP contribution < -0.4 is 0 Å². The van der Waals surface area contributed by atoms with Gasteiger partial charge in [-0.2, -0.15) is 0 Å². The molecule has 0 aliphatic carbocycles. The second kappa shape index (κ2) is 9.91. The predicted octanol–water partition coefficient (Wildman–Crippen LogP) is 4.59. The highest BCUT2D eigenvalue weighted by molar-refractivity contribution is 6.74. The van der Waals surface area contributed by atoms with Gasteiger partial charge in [-0.15, -0.1) is 0 Å². The van der Waals surface area contributed by atoms with Crippen LogP contribution in [0.1, 0.15) is 59.8 Å². The molecule has 0 radical (unpaired) electrons. The number of methoxy groups -OCH3 is 2. The van der Waals surface area contributed by atoms with Gasteiger partial charge in [-0.1, -0.05) is 27.7 Å². The zero-order chi connectivity index (χ0) is 20.8.